The van der Waals surface area contributed by atoms with Crippen molar-refractivity contribution in [3.63, 3.8) is 0 Å². The maximum atomic E-state index is 11.7. The van der Waals surface area contributed by atoms with Gasteiger partial charge in [0, 0.05) is 28.5 Å². The summed E-state index contributed by atoms with van der Waals surface area (Å²) in [5, 5.41) is 4.79. The Kier molecular flexibility index (Phi) is 6.29. The van der Waals surface area contributed by atoms with Gasteiger partial charge in [0.2, 0.25) is 0 Å². The van der Waals surface area contributed by atoms with Crippen LogP contribution in [0.4, 0.5) is 0 Å². The fourth-order valence-electron chi connectivity index (χ4n) is 2.19. The first kappa shape index (κ1) is 18.4. The molecule has 0 aliphatic carbocycles. The topological polar surface area (TPSA) is 55.6 Å². The highest BCUT2D eigenvalue weighted by Gasteiger charge is 2.06. The predicted octanol–water partition coefficient (Wildman–Crippen LogP) is 4.21. The SMILES string of the molecule is Cc1cc(/C=N/NC(=O)COc2ccc(Cl)cc2Cl)cn1C(C)C. The molecule has 2 aromatic rings. The molecule has 128 valence electrons. The van der Waals surface area contributed by atoms with Crippen molar-refractivity contribution >= 4 is 35.3 Å². The fourth-order valence-corrected chi connectivity index (χ4v) is 2.65. The van der Waals surface area contributed by atoms with E-state index in [1.165, 1.54) is 0 Å². The Balaban J connectivity index is 1.85. The van der Waals surface area contributed by atoms with Gasteiger partial charge in [0.15, 0.2) is 6.61 Å². The predicted molar refractivity (Wildman–Crippen MR) is 97.2 cm³/mol. The zero-order valence-electron chi connectivity index (χ0n) is 13.7. The van der Waals surface area contributed by atoms with Crippen molar-refractivity contribution in [2.24, 2.45) is 5.10 Å². The van der Waals surface area contributed by atoms with E-state index >= 15 is 0 Å². The Morgan fingerprint density at radius 3 is 2.75 bits per heavy atom. The van der Waals surface area contributed by atoms with Crippen molar-refractivity contribution in [2.75, 3.05) is 6.61 Å². The molecule has 1 amide bonds. The van der Waals surface area contributed by atoms with E-state index in [0.717, 1.165) is 11.3 Å². The number of nitrogens with zero attached hydrogens (tertiary/aromatic N) is 2. The molecule has 7 heteroatoms. The molecule has 0 unspecified atom stereocenters. The van der Waals surface area contributed by atoms with E-state index in [1.807, 2.05) is 19.2 Å². The lowest BCUT2D eigenvalue weighted by molar-refractivity contribution is -0.123. The number of hydrazone groups is 1. The zero-order valence-corrected chi connectivity index (χ0v) is 15.2. The number of carbonyl (C=O) groups is 1. The van der Waals surface area contributed by atoms with Crippen molar-refractivity contribution in [1.29, 1.82) is 0 Å². The number of hydrogen-bond donors (Lipinski definition) is 1. The van der Waals surface area contributed by atoms with Crippen LogP contribution in [0.5, 0.6) is 5.75 Å². The number of benzene rings is 1. The average molecular weight is 368 g/mol. The Morgan fingerprint density at radius 2 is 2.12 bits per heavy atom. The molecule has 0 saturated heterocycles. The van der Waals surface area contributed by atoms with E-state index in [9.17, 15) is 4.79 Å². The molecule has 0 spiro atoms. The number of hydrogen-bond acceptors (Lipinski definition) is 3. The summed E-state index contributed by atoms with van der Waals surface area (Å²) in [6.07, 6.45) is 3.58. The maximum Gasteiger partial charge on any atom is 0.277 e. The largest absolute Gasteiger partial charge is 0.482 e. The van der Waals surface area contributed by atoms with Gasteiger partial charge in [0.25, 0.3) is 5.91 Å². The number of halogens is 2. The second kappa shape index (κ2) is 8.22. The molecule has 1 aromatic heterocycles. The molecule has 0 atom stereocenters. The van der Waals surface area contributed by atoms with Crippen LogP contribution in [-0.2, 0) is 4.79 Å². The standard InChI is InChI=1S/C17H19Cl2N3O2/c1-11(2)22-9-13(6-12(22)3)8-20-21-17(23)10-24-16-5-4-14(18)7-15(16)19/h4-9,11H,10H2,1-3H3,(H,21,23)/b20-8+. The molecule has 0 bridgehead atoms. The van der Waals surface area contributed by atoms with Crippen LogP contribution in [0.2, 0.25) is 10.0 Å². The van der Waals surface area contributed by atoms with Crippen LogP contribution in [0, 0.1) is 6.92 Å². The molecule has 1 heterocycles. The van der Waals surface area contributed by atoms with Crippen LogP contribution in [0.15, 0.2) is 35.6 Å². The highest BCUT2D eigenvalue weighted by Crippen LogP contribution is 2.27. The van der Waals surface area contributed by atoms with Gasteiger partial charge in [-0.2, -0.15) is 5.10 Å². The number of aromatic nitrogens is 1. The Bertz CT molecular complexity index is 754. The summed E-state index contributed by atoms with van der Waals surface area (Å²) in [6, 6.07) is 7.17. The Labute approximate surface area is 151 Å². The summed E-state index contributed by atoms with van der Waals surface area (Å²) in [5.74, 6) is 0.0158. The molecular weight excluding hydrogens is 349 g/mol. The van der Waals surface area contributed by atoms with Gasteiger partial charge in [0.1, 0.15) is 5.75 Å². The summed E-state index contributed by atoms with van der Waals surface area (Å²) in [7, 11) is 0. The summed E-state index contributed by atoms with van der Waals surface area (Å²) in [5.41, 5.74) is 4.47. The summed E-state index contributed by atoms with van der Waals surface area (Å²) in [6.45, 7) is 6.05. The van der Waals surface area contributed by atoms with Crippen molar-refractivity contribution in [3.8, 4) is 5.75 Å². The molecule has 1 aromatic carbocycles. The van der Waals surface area contributed by atoms with Gasteiger partial charge in [-0.05, 0) is 45.0 Å². The van der Waals surface area contributed by atoms with Gasteiger partial charge in [-0.25, -0.2) is 5.43 Å². The van der Waals surface area contributed by atoms with Gasteiger partial charge < -0.3 is 9.30 Å². The van der Waals surface area contributed by atoms with Crippen LogP contribution in [0.1, 0.15) is 31.1 Å². The number of amides is 1. The second-order valence-electron chi connectivity index (χ2n) is 5.57. The molecule has 2 rings (SSSR count). The van der Waals surface area contributed by atoms with Crippen LogP contribution >= 0.6 is 23.2 Å². The molecular formula is C17H19Cl2N3O2. The molecule has 0 fully saturated rings. The lowest BCUT2D eigenvalue weighted by atomic mass is 10.3. The monoisotopic (exact) mass is 367 g/mol. The third kappa shape index (κ3) is 5.01. The summed E-state index contributed by atoms with van der Waals surface area (Å²) >= 11 is 11.8. The summed E-state index contributed by atoms with van der Waals surface area (Å²) in [4.78, 5) is 11.7. The Hall–Kier alpha value is -1.98. The third-order valence-electron chi connectivity index (χ3n) is 3.28. The van der Waals surface area contributed by atoms with Gasteiger partial charge in [-0.1, -0.05) is 23.2 Å². The Morgan fingerprint density at radius 1 is 1.38 bits per heavy atom. The van der Waals surface area contributed by atoms with Crippen molar-refractivity contribution < 1.29 is 9.53 Å². The van der Waals surface area contributed by atoms with Crippen LogP contribution < -0.4 is 10.2 Å². The van der Waals surface area contributed by atoms with Crippen LogP contribution in [-0.4, -0.2) is 23.3 Å². The minimum atomic E-state index is -0.378. The van der Waals surface area contributed by atoms with Crippen molar-refractivity contribution in [3.05, 3.63) is 51.8 Å². The average Bonchev–Trinajstić information content (AvgIpc) is 2.87. The van der Waals surface area contributed by atoms with E-state index < -0.39 is 0 Å². The first-order valence-electron chi connectivity index (χ1n) is 7.45. The number of nitrogens with one attached hydrogen (secondary N) is 1. The third-order valence-corrected chi connectivity index (χ3v) is 3.81. The van der Waals surface area contributed by atoms with E-state index in [0.29, 0.717) is 21.8 Å². The minimum Gasteiger partial charge on any atom is -0.482 e. The van der Waals surface area contributed by atoms with E-state index in [1.54, 1.807) is 24.4 Å². The van der Waals surface area contributed by atoms with Gasteiger partial charge in [-0.15, -0.1) is 0 Å². The van der Waals surface area contributed by atoms with Gasteiger partial charge >= 0.3 is 0 Å². The minimum absolute atomic E-state index is 0.190. The van der Waals surface area contributed by atoms with Crippen LogP contribution in [0.25, 0.3) is 0 Å². The lowest BCUT2D eigenvalue weighted by Crippen LogP contribution is -2.24. The molecule has 0 radical (unpaired) electrons. The normalized spacial score (nSPS) is 11.2. The van der Waals surface area contributed by atoms with Crippen molar-refractivity contribution in [2.45, 2.75) is 26.8 Å². The molecule has 0 aliphatic rings. The second-order valence-corrected chi connectivity index (χ2v) is 6.42. The maximum absolute atomic E-state index is 11.7. The van der Waals surface area contributed by atoms with E-state index in [-0.39, 0.29) is 12.5 Å². The number of rotatable bonds is 6. The number of carbonyl (C=O) groups excluding carboxylic acids is 1. The first-order valence-corrected chi connectivity index (χ1v) is 8.20. The molecule has 0 saturated carbocycles. The lowest BCUT2D eigenvalue weighted by Gasteiger charge is -2.08. The molecule has 0 aliphatic heterocycles. The first-order chi connectivity index (χ1) is 11.4. The molecule has 1 N–H and O–H groups in total. The van der Waals surface area contributed by atoms with Crippen molar-refractivity contribution in [1.82, 2.24) is 9.99 Å². The molecule has 24 heavy (non-hydrogen) atoms. The smallest absolute Gasteiger partial charge is 0.277 e. The van der Waals surface area contributed by atoms with Gasteiger partial charge in [0.05, 0.1) is 11.2 Å². The highest BCUT2D eigenvalue weighted by atomic mass is 35.5. The van der Waals surface area contributed by atoms with E-state index in [4.69, 9.17) is 27.9 Å². The van der Waals surface area contributed by atoms with E-state index in [2.05, 4.69) is 28.9 Å². The fraction of sp³-hybridized carbons (Fsp3) is 0.294. The number of ether oxygens (including phenoxy) is 1. The van der Waals surface area contributed by atoms with Crippen LogP contribution in [0.3, 0.4) is 0 Å². The van der Waals surface area contributed by atoms with Gasteiger partial charge in [-0.3, -0.25) is 4.79 Å². The quantitative estimate of drug-likeness (QED) is 0.613. The molecule has 5 nitrogen and oxygen atoms in total. The number of aryl methyl sites for hydroxylation is 1. The highest BCUT2D eigenvalue weighted by molar-refractivity contribution is 6.35. The zero-order chi connectivity index (χ0) is 17.7. The summed E-state index contributed by atoms with van der Waals surface area (Å²) < 4.78 is 7.46.